The molecule has 0 amide bonds. The highest BCUT2D eigenvalue weighted by atomic mass is 16.5. The first-order valence-electron chi connectivity index (χ1n) is 4.82. The Labute approximate surface area is 89.1 Å². The molecule has 1 aromatic heterocycles. The number of nitriles is 1. The van der Waals surface area contributed by atoms with Crippen molar-refractivity contribution in [3.63, 3.8) is 0 Å². The van der Waals surface area contributed by atoms with Gasteiger partial charge in [0.1, 0.15) is 6.07 Å². The van der Waals surface area contributed by atoms with Crippen LogP contribution in [0.15, 0.2) is 12.4 Å². The van der Waals surface area contributed by atoms with Gasteiger partial charge >= 0.3 is 0 Å². The summed E-state index contributed by atoms with van der Waals surface area (Å²) >= 11 is 0. The molecule has 0 aliphatic rings. The van der Waals surface area contributed by atoms with Gasteiger partial charge in [0.25, 0.3) is 0 Å². The van der Waals surface area contributed by atoms with Gasteiger partial charge in [-0.3, -0.25) is 0 Å². The molecule has 1 heterocycles. The molecule has 15 heavy (non-hydrogen) atoms. The number of rotatable bonds is 6. The van der Waals surface area contributed by atoms with Gasteiger partial charge in [-0.1, -0.05) is 0 Å². The summed E-state index contributed by atoms with van der Waals surface area (Å²) in [6.07, 6.45) is 5.05. The van der Waals surface area contributed by atoms with Gasteiger partial charge in [0.05, 0.1) is 0 Å². The summed E-state index contributed by atoms with van der Waals surface area (Å²) in [6.45, 7) is 1.53. The van der Waals surface area contributed by atoms with Gasteiger partial charge in [-0.05, 0) is 12.8 Å². The molecule has 0 aromatic carbocycles. The normalized spacial score (nSPS) is 9.60. The lowest BCUT2D eigenvalue weighted by Crippen LogP contribution is -2.06. The second-order valence-electron chi connectivity index (χ2n) is 2.99. The van der Waals surface area contributed by atoms with Gasteiger partial charge in [0.2, 0.25) is 0 Å². The predicted molar refractivity (Wildman–Crippen MR) is 56.3 cm³/mol. The van der Waals surface area contributed by atoms with Crippen molar-refractivity contribution in [1.82, 2.24) is 9.97 Å². The van der Waals surface area contributed by atoms with E-state index < -0.39 is 0 Å². The van der Waals surface area contributed by atoms with E-state index in [2.05, 4.69) is 15.3 Å². The number of nitrogens with one attached hydrogen (secondary N) is 1. The number of unbranched alkanes of at least 4 members (excludes halogenated alkanes) is 1. The standard InChI is InChI=1S/C10H14N4O/c1-15-7-3-2-4-13-10-9(8-11)12-5-6-14-10/h5-6H,2-4,7H2,1H3,(H,13,14). The van der Waals surface area contributed by atoms with Gasteiger partial charge < -0.3 is 10.1 Å². The van der Waals surface area contributed by atoms with Crippen LogP contribution < -0.4 is 5.32 Å². The predicted octanol–water partition coefficient (Wildman–Crippen LogP) is 1.19. The third kappa shape index (κ3) is 3.92. The Morgan fingerprint density at radius 3 is 2.93 bits per heavy atom. The molecule has 1 N–H and O–H groups in total. The van der Waals surface area contributed by atoms with Gasteiger partial charge in [0, 0.05) is 32.7 Å². The minimum atomic E-state index is 0.337. The Hall–Kier alpha value is -1.67. The largest absolute Gasteiger partial charge is 0.385 e. The molecule has 0 radical (unpaired) electrons. The summed E-state index contributed by atoms with van der Waals surface area (Å²) in [4.78, 5) is 7.94. The van der Waals surface area contributed by atoms with Crippen LogP contribution in [0.25, 0.3) is 0 Å². The number of methoxy groups -OCH3 is 1. The average molecular weight is 206 g/mol. The van der Waals surface area contributed by atoms with Crippen molar-refractivity contribution in [2.45, 2.75) is 12.8 Å². The molecule has 0 spiro atoms. The van der Waals surface area contributed by atoms with Crippen LogP contribution in [-0.4, -0.2) is 30.2 Å². The highest BCUT2D eigenvalue weighted by molar-refractivity contribution is 5.46. The molecule has 0 saturated carbocycles. The molecule has 0 aliphatic heterocycles. The molecular weight excluding hydrogens is 192 g/mol. The summed E-state index contributed by atoms with van der Waals surface area (Å²) in [5.41, 5.74) is 0.337. The minimum absolute atomic E-state index is 0.337. The van der Waals surface area contributed by atoms with Crippen LogP contribution in [0.1, 0.15) is 18.5 Å². The van der Waals surface area contributed by atoms with Crippen molar-refractivity contribution in [3.05, 3.63) is 18.1 Å². The van der Waals surface area contributed by atoms with Gasteiger partial charge in [-0.2, -0.15) is 5.26 Å². The molecule has 1 rings (SSSR count). The number of hydrogen-bond donors (Lipinski definition) is 1. The van der Waals surface area contributed by atoms with Crippen molar-refractivity contribution >= 4 is 5.82 Å². The molecule has 1 aromatic rings. The zero-order valence-electron chi connectivity index (χ0n) is 8.73. The summed E-state index contributed by atoms with van der Waals surface area (Å²) in [7, 11) is 1.68. The molecule has 5 heteroatoms. The fraction of sp³-hybridized carbons (Fsp3) is 0.500. The maximum absolute atomic E-state index is 8.75. The summed E-state index contributed by atoms with van der Waals surface area (Å²) in [5.74, 6) is 0.553. The third-order valence-electron chi connectivity index (χ3n) is 1.87. The molecular formula is C10H14N4O. The van der Waals surface area contributed by atoms with E-state index in [0.717, 1.165) is 26.0 Å². The maximum Gasteiger partial charge on any atom is 0.182 e. The smallest absolute Gasteiger partial charge is 0.182 e. The van der Waals surface area contributed by atoms with Crippen LogP contribution in [-0.2, 0) is 4.74 Å². The molecule has 0 saturated heterocycles. The van der Waals surface area contributed by atoms with E-state index >= 15 is 0 Å². The van der Waals surface area contributed by atoms with Gasteiger partial charge in [0.15, 0.2) is 11.5 Å². The maximum atomic E-state index is 8.75. The quantitative estimate of drug-likeness (QED) is 0.708. The van der Waals surface area contributed by atoms with Gasteiger partial charge in [-0.25, -0.2) is 9.97 Å². The van der Waals surface area contributed by atoms with E-state index in [0.29, 0.717) is 11.5 Å². The Kier molecular flexibility index (Phi) is 5.12. The number of anilines is 1. The molecule has 0 atom stereocenters. The average Bonchev–Trinajstić information content (AvgIpc) is 2.29. The van der Waals surface area contributed by atoms with E-state index in [1.165, 1.54) is 6.20 Å². The topological polar surface area (TPSA) is 70.8 Å². The molecule has 80 valence electrons. The zero-order valence-corrected chi connectivity index (χ0v) is 8.73. The lowest BCUT2D eigenvalue weighted by Gasteiger charge is -2.05. The van der Waals surface area contributed by atoms with Crippen LogP contribution in [0.3, 0.4) is 0 Å². The third-order valence-corrected chi connectivity index (χ3v) is 1.87. The number of hydrogen-bond acceptors (Lipinski definition) is 5. The van der Waals surface area contributed by atoms with Crippen LogP contribution in [0, 0.1) is 11.3 Å². The van der Waals surface area contributed by atoms with Crippen molar-refractivity contribution in [2.24, 2.45) is 0 Å². The van der Waals surface area contributed by atoms with E-state index in [4.69, 9.17) is 10.00 Å². The minimum Gasteiger partial charge on any atom is -0.385 e. The number of nitrogens with zero attached hydrogens (tertiary/aromatic N) is 3. The van der Waals surface area contributed by atoms with Gasteiger partial charge in [-0.15, -0.1) is 0 Å². The fourth-order valence-electron chi connectivity index (χ4n) is 1.13. The highest BCUT2D eigenvalue weighted by Gasteiger charge is 2.01. The SMILES string of the molecule is COCCCCNc1nccnc1C#N. The monoisotopic (exact) mass is 206 g/mol. The van der Waals surface area contributed by atoms with Crippen molar-refractivity contribution in [3.8, 4) is 6.07 Å². The van der Waals surface area contributed by atoms with Crippen LogP contribution >= 0.6 is 0 Å². The Morgan fingerprint density at radius 2 is 2.20 bits per heavy atom. The van der Waals surface area contributed by atoms with Crippen LogP contribution in [0.5, 0.6) is 0 Å². The van der Waals surface area contributed by atoms with E-state index in [9.17, 15) is 0 Å². The lowest BCUT2D eigenvalue weighted by atomic mass is 10.3. The number of aromatic nitrogens is 2. The second kappa shape index (κ2) is 6.74. The molecule has 0 bridgehead atoms. The van der Waals surface area contributed by atoms with Crippen molar-refractivity contribution in [1.29, 1.82) is 5.26 Å². The molecule has 0 fully saturated rings. The first-order chi connectivity index (χ1) is 7.38. The highest BCUT2D eigenvalue weighted by Crippen LogP contribution is 2.06. The molecule has 0 aliphatic carbocycles. The fourth-order valence-corrected chi connectivity index (χ4v) is 1.13. The van der Waals surface area contributed by atoms with E-state index in [1.54, 1.807) is 13.3 Å². The zero-order chi connectivity index (χ0) is 10.9. The van der Waals surface area contributed by atoms with E-state index in [1.807, 2.05) is 6.07 Å². The Balaban J connectivity index is 2.34. The summed E-state index contributed by atoms with van der Waals surface area (Å²) in [5, 5.41) is 11.8. The first kappa shape index (κ1) is 11.4. The number of ether oxygens (including phenoxy) is 1. The second-order valence-corrected chi connectivity index (χ2v) is 2.99. The van der Waals surface area contributed by atoms with Crippen LogP contribution in [0.4, 0.5) is 5.82 Å². The van der Waals surface area contributed by atoms with Crippen molar-refractivity contribution in [2.75, 3.05) is 25.6 Å². The summed E-state index contributed by atoms with van der Waals surface area (Å²) in [6, 6.07) is 1.99. The van der Waals surface area contributed by atoms with E-state index in [-0.39, 0.29) is 0 Å². The Morgan fingerprint density at radius 1 is 1.40 bits per heavy atom. The lowest BCUT2D eigenvalue weighted by molar-refractivity contribution is 0.194. The first-order valence-corrected chi connectivity index (χ1v) is 4.82. The van der Waals surface area contributed by atoms with Crippen LogP contribution in [0.2, 0.25) is 0 Å². The molecule has 0 unspecified atom stereocenters. The van der Waals surface area contributed by atoms with Crippen molar-refractivity contribution < 1.29 is 4.74 Å². The Bertz CT molecular complexity index is 334. The summed E-state index contributed by atoms with van der Waals surface area (Å²) < 4.78 is 4.93. The molecule has 5 nitrogen and oxygen atoms in total.